The summed E-state index contributed by atoms with van der Waals surface area (Å²) >= 11 is 0. The molecule has 0 spiro atoms. The molecule has 0 aliphatic rings. The zero-order valence-electron chi connectivity index (χ0n) is 21.1. The van der Waals surface area contributed by atoms with E-state index in [4.69, 9.17) is 9.47 Å². The van der Waals surface area contributed by atoms with E-state index in [9.17, 15) is 4.79 Å². The van der Waals surface area contributed by atoms with Gasteiger partial charge in [-0.2, -0.15) is 0 Å². The van der Waals surface area contributed by atoms with Crippen molar-refractivity contribution in [2.75, 3.05) is 0 Å². The zero-order valence-corrected chi connectivity index (χ0v) is 21.1. The highest BCUT2D eigenvalue weighted by Crippen LogP contribution is 2.42. The summed E-state index contributed by atoms with van der Waals surface area (Å²) in [4.78, 5) is 13.9. The molecule has 0 aromatic heterocycles. The third-order valence-electron chi connectivity index (χ3n) is 6.68. The van der Waals surface area contributed by atoms with Crippen molar-refractivity contribution in [2.45, 2.75) is 50.7 Å². The molecule has 36 heavy (non-hydrogen) atoms. The SMILES string of the molecule is CCCC(OC(=O)OC(CCC)(c1ccccc1)c1ccccc1)(c1ccccc1)c1ccccc1. The first-order valence-corrected chi connectivity index (χ1v) is 12.8. The quantitative estimate of drug-likeness (QED) is 0.214. The number of hydrogen-bond acceptors (Lipinski definition) is 3. The second kappa shape index (κ2) is 11.7. The van der Waals surface area contributed by atoms with Crippen LogP contribution in [-0.2, 0) is 20.7 Å². The number of benzene rings is 4. The van der Waals surface area contributed by atoms with Crippen molar-refractivity contribution >= 4 is 6.16 Å². The Balaban J connectivity index is 1.80. The first-order valence-electron chi connectivity index (χ1n) is 12.8. The van der Waals surface area contributed by atoms with Crippen molar-refractivity contribution in [3.05, 3.63) is 144 Å². The topological polar surface area (TPSA) is 35.5 Å². The van der Waals surface area contributed by atoms with Crippen LogP contribution in [0.1, 0.15) is 61.8 Å². The van der Waals surface area contributed by atoms with Crippen LogP contribution in [0.5, 0.6) is 0 Å². The van der Waals surface area contributed by atoms with E-state index >= 15 is 0 Å². The normalized spacial score (nSPS) is 11.6. The monoisotopic (exact) mass is 478 g/mol. The highest BCUT2D eigenvalue weighted by atomic mass is 16.7. The molecule has 0 radical (unpaired) electrons. The van der Waals surface area contributed by atoms with E-state index in [1.165, 1.54) is 0 Å². The van der Waals surface area contributed by atoms with Crippen LogP contribution in [0.2, 0.25) is 0 Å². The summed E-state index contributed by atoms with van der Waals surface area (Å²) in [5.74, 6) is 0. The molecule has 0 saturated carbocycles. The minimum atomic E-state index is -0.959. The summed E-state index contributed by atoms with van der Waals surface area (Å²) in [5, 5.41) is 0. The average molecular weight is 479 g/mol. The third-order valence-corrected chi connectivity index (χ3v) is 6.68. The number of hydrogen-bond donors (Lipinski definition) is 0. The molecule has 0 aliphatic heterocycles. The minimum Gasteiger partial charge on any atom is -0.418 e. The molecule has 184 valence electrons. The van der Waals surface area contributed by atoms with Crippen molar-refractivity contribution in [1.29, 1.82) is 0 Å². The van der Waals surface area contributed by atoms with Gasteiger partial charge in [-0.3, -0.25) is 0 Å². The molecule has 0 amide bonds. The van der Waals surface area contributed by atoms with Gasteiger partial charge in [0, 0.05) is 22.3 Å². The van der Waals surface area contributed by atoms with Gasteiger partial charge < -0.3 is 9.47 Å². The van der Waals surface area contributed by atoms with Crippen LogP contribution in [0.3, 0.4) is 0 Å². The Labute approximate surface area is 214 Å². The van der Waals surface area contributed by atoms with Gasteiger partial charge in [-0.15, -0.1) is 0 Å². The summed E-state index contributed by atoms with van der Waals surface area (Å²) in [6, 6.07) is 39.9. The van der Waals surface area contributed by atoms with E-state index in [1.807, 2.05) is 121 Å². The Morgan fingerprint density at radius 3 is 0.972 bits per heavy atom. The lowest BCUT2D eigenvalue weighted by Gasteiger charge is -2.38. The fourth-order valence-electron chi connectivity index (χ4n) is 5.09. The molecule has 0 unspecified atom stereocenters. The molecule has 0 aliphatic carbocycles. The van der Waals surface area contributed by atoms with Crippen molar-refractivity contribution in [3.63, 3.8) is 0 Å². The summed E-state index contributed by atoms with van der Waals surface area (Å²) in [6.07, 6.45) is 2.24. The maximum atomic E-state index is 13.9. The molecule has 0 saturated heterocycles. The number of ether oxygens (including phenoxy) is 2. The molecule has 4 rings (SSSR count). The summed E-state index contributed by atoms with van der Waals surface area (Å²) < 4.78 is 12.9. The fraction of sp³-hybridized carbons (Fsp3) is 0.242. The van der Waals surface area contributed by atoms with E-state index in [1.54, 1.807) is 0 Å². The van der Waals surface area contributed by atoms with Crippen molar-refractivity contribution in [3.8, 4) is 0 Å². The summed E-state index contributed by atoms with van der Waals surface area (Å²) in [5.41, 5.74) is 1.79. The van der Waals surface area contributed by atoms with E-state index in [2.05, 4.69) is 13.8 Å². The Kier molecular flexibility index (Phi) is 8.22. The van der Waals surface area contributed by atoms with Crippen LogP contribution >= 0.6 is 0 Å². The van der Waals surface area contributed by atoms with E-state index in [0.29, 0.717) is 12.8 Å². The van der Waals surface area contributed by atoms with Crippen LogP contribution in [-0.4, -0.2) is 6.16 Å². The fourth-order valence-corrected chi connectivity index (χ4v) is 5.09. The second-order valence-corrected chi connectivity index (χ2v) is 9.07. The largest absolute Gasteiger partial charge is 0.510 e. The molecule has 0 heterocycles. The van der Waals surface area contributed by atoms with Crippen LogP contribution in [0.15, 0.2) is 121 Å². The molecule has 3 nitrogen and oxygen atoms in total. The molecule has 3 heteroatoms. The smallest absolute Gasteiger partial charge is 0.418 e. The lowest BCUT2D eigenvalue weighted by Crippen LogP contribution is -2.39. The lowest BCUT2D eigenvalue weighted by molar-refractivity contribution is -0.0661. The van der Waals surface area contributed by atoms with Crippen molar-refractivity contribution in [1.82, 2.24) is 0 Å². The minimum absolute atomic E-state index is 0.633. The van der Waals surface area contributed by atoms with Crippen LogP contribution in [0, 0.1) is 0 Å². The number of carbonyl (C=O) groups excluding carboxylic acids is 1. The molecular formula is C33H34O3. The van der Waals surface area contributed by atoms with Gasteiger partial charge in [0.1, 0.15) is 0 Å². The van der Waals surface area contributed by atoms with Gasteiger partial charge in [0.2, 0.25) is 0 Å². The number of carbonyl (C=O) groups is 1. The predicted octanol–water partition coefficient (Wildman–Crippen LogP) is 8.63. The van der Waals surface area contributed by atoms with E-state index in [-0.39, 0.29) is 0 Å². The average Bonchev–Trinajstić information content (AvgIpc) is 2.94. The van der Waals surface area contributed by atoms with Gasteiger partial charge in [-0.1, -0.05) is 148 Å². The predicted molar refractivity (Wildman–Crippen MR) is 145 cm³/mol. The molecular weight excluding hydrogens is 444 g/mol. The molecule has 0 fully saturated rings. The third kappa shape index (κ3) is 5.21. The van der Waals surface area contributed by atoms with Gasteiger partial charge >= 0.3 is 6.16 Å². The Bertz CT molecular complexity index is 1030. The maximum Gasteiger partial charge on any atom is 0.510 e. The molecule has 4 aromatic rings. The van der Waals surface area contributed by atoms with E-state index in [0.717, 1.165) is 35.1 Å². The zero-order chi connectivity index (χ0) is 25.3. The van der Waals surface area contributed by atoms with Crippen LogP contribution in [0.25, 0.3) is 0 Å². The first-order chi connectivity index (χ1) is 17.6. The van der Waals surface area contributed by atoms with Gasteiger partial charge in [0.05, 0.1) is 0 Å². The van der Waals surface area contributed by atoms with Crippen LogP contribution < -0.4 is 0 Å². The Morgan fingerprint density at radius 1 is 0.500 bits per heavy atom. The molecule has 0 atom stereocenters. The highest BCUT2D eigenvalue weighted by Gasteiger charge is 2.43. The van der Waals surface area contributed by atoms with Gasteiger partial charge in [-0.25, -0.2) is 4.79 Å². The lowest BCUT2D eigenvalue weighted by atomic mass is 9.82. The summed E-state index contributed by atoms with van der Waals surface area (Å²) in [7, 11) is 0. The van der Waals surface area contributed by atoms with Crippen molar-refractivity contribution < 1.29 is 14.3 Å². The van der Waals surface area contributed by atoms with Crippen molar-refractivity contribution in [2.24, 2.45) is 0 Å². The molecule has 4 aromatic carbocycles. The van der Waals surface area contributed by atoms with Gasteiger partial charge in [0.25, 0.3) is 0 Å². The summed E-state index contributed by atoms with van der Waals surface area (Å²) in [6.45, 7) is 4.20. The Morgan fingerprint density at radius 2 is 0.750 bits per heavy atom. The maximum absolute atomic E-state index is 13.9. The van der Waals surface area contributed by atoms with Gasteiger partial charge in [0.15, 0.2) is 11.2 Å². The van der Waals surface area contributed by atoms with E-state index < -0.39 is 17.4 Å². The van der Waals surface area contributed by atoms with Gasteiger partial charge in [-0.05, 0) is 12.8 Å². The second-order valence-electron chi connectivity index (χ2n) is 9.07. The molecule has 0 N–H and O–H groups in total. The van der Waals surface area contributed by atoms with Crippen LogP contribution in [0.4, 0.5) is 4.79 Å². The first kappa shape index (κ1) is 25.2. The Hall–Kier alpha value is -3.85. The highest BCUT2D eigenvalue weighted by molar-refractivity contribution is 5.64. The standard InChI is InChI=1S/C33H34O3/c1-3-25-32(27-17-9-5-10-18-27,28-19-11-6-12-20-28)35-31(34)36-33(26-4-2,29-21-13-7-14-22-29)30-23-15-8-16-24-30/h5-24H,3-4,25-26H2,1-2H3. The molecule has 0 bridgehead atoms. The number of rotatable bonds is 10.